The summed E-state index contributed by atoms with van der Waals surface area (Å²) in [7, 11) is 0. The number of hydrogen-bond acceptors (Lipinski definition) is 2. The molecule has 1 aromatic carbocycles. The number of benzene rings is 1. The molecule has 0 fully saturated rings. The van der Waals surface area contributed by atoms with Crippen LogP contribution in [0.25, 0.3) is 0 Å². The van der Waals surface area contributed by atoms with Crippen LogP contribution < -0.4 is 5.32 Å². The van der Waals surface area contributed by atoms with Gasteiger partial charge in [0.2, 0.25) is 5.91 Å². The third-order valence-electron chi connectivity index (χ3n) is 2.68. The second-order valence-corrected chi connectivity index (χ2v) is 3.88. The molecular formula is C12H13NO2. The van der Waals surface area contributed by atoms with Gasteiger partial charge in [0.25, 0.3) is 0 Å². The SMILES string of the molecule is CC(=O)CNC(=O)C1Cc2ccccc21. The Balaban J connectivity index is 1.98. The van der Waals surface area contributed by atoms with E-state index in [2.05, 4.69) is 5.32 Å². The maximum atomic E-state index is 11.6. The lowest BCUT2D eigenvalue weighted by atomic mass is 9.77. The van der Waals surface area contributed by atoms with E-state index in [1.807, 2.05) is 24.3 Å². The molecule has 0 bridgehead atoms. The first-order valence-corrected chi connectivity index (χ1v) is 5.03. The van der Waals surface area contributed by atoms with Crippen LogP contribution in [0.15, 0.2) is 24.3 Å². The molecule has 0 saturated carbocycles. The molecule has 15 heavy (non-hydrogen) atoms. The average molecular weight is 203 g/mol. The van der Waals surface area contributed by atoms with Crippen LogP contribution in [0.1, 0.15) is 24.0 Å². The van der Waals surface area contributed by atoms with Gasteiger partial charge >= 0.3 is 0 Å². The zero-order valence-corrected chi connectivity index (χ0v) is 8.62. The van der Waals surface area contributed by atoms with Gasteiger partial charge in [-0.1, -0.05) is 24.3 Å². The summed E-state index contributed by atoms with van der Waals surface area (Å²) >= 11 is 0. The van der Waals surface area contributed by atoms with Gasteiger partial charge in [0.15, 0.2) is 0 Å². The van der Waals surface area contributed by atoms with E-state index in [0.717, 1.165) is 12.0 Å². The molecule has 1 aliphatic rings. The number of hydrogen-bond donors (Lipinski definition) is 1. The average Bonchev–Trinajstić information content (AvgIpc) is 2.17. The van der Waals surface area contributed by atoms with Crippen LogP contribution in [0.2, 0.25) is 0 Å². The lowest BCUT2D eigenvalue weighted by Gasteiger charge is -2.28. The molecule has 1 unspecified atom stereocenters. The van der Waals surface area contributed by atoms with Crippen LogP contribution in [0.4, 0.5) is 0 Å². The van der Waals surface area contributed by atoms with E-state index >= 15 is 0 Å². The van der Waals surface area contributed by atoms with Crippen molar-refractivity contribution in [3.05, 3.63) is 35.4 Å². The summed E-state index contributed by atoms with van der Waals surface area (Å²) in [5.41, 5.74) is 2.33. The molecule has 0 heterocycles. The smallest absolute Gasteiger partial charge is 0.228 e. The van der Waals surface area contributed by atoms with Gasteiger partial charge in [-0.2, -0.15) is 0 Å². The number of rotatable bonds is 3. The Morgan fingerprint density at radius 1 is 1.40 bits per heavy atom. The highest BCUT2D eigenvalue weighted by atomic mass is 16.2. The quantitative estimate of drug-likeness (QED) is 0.797. The monoisotopic (exact) mass is 203 g/mol. The number of carbonyl (C=O) groups excluding carboxylic acids is 2. The summed E-state index contributed by atoms with van der Waals surface area (Å²) < 4.78 is 0. The van der Waals surface area contributed by atoms with Gasteiger partial charge in [-0.3, -0.25) is 9.59 Å². The van der Waals surface area contributed by atoms with E-state index < -0.39 is 0 Å². The molecule has 1 aromatic rings. The van der Waals surface area contributed by atoms with Crippen molar-refractivity contribution in [2.24, 2.45) is 0 Å². The minimum Gasteiger partial charge on any atom is -0.348 e. The van der Waals surface area contributed by atoms with Crippen LogP contribution in [0.5, 0.6) is 0 Å². The fourth-order valence-corrected chi connectivity index (χ4v) is 1.83. The second kappa shape index (κ2) is 3.85. The van der Waals surface area contributed by atoms with E-state index in [4.69, 9.17) is 0 Å². The molecule has 1 N–H and O–H groups in total. The predicted molar refractivity (Wildman–Crippen MR) is 56.6 cm³/mol. The van der Waals surface area contributed by atoms with E-state index in [1.54, 1.807) is 0 Å². The fourth-order valence-electron chi connectivity index (χ4n) is 1.83. The minimum atomic E-state index is -0.0550. The first kappa shape index (κ1) is 9.90. The van der Waals surface area contributed by atoms with E-state index in [9.17, 15) is 9.59 Å². The van der Waals surface area contributed by atoms with E-state index in [0.29, 0.717) is 0 Å². The van der Waals surface area contributed by atoms with Gasteiger partial charge in [-0.05, 0) is 24.5 Å². The number of Topliss-reactive ketones (excluding diaryl/α,β-unsaturated/α-hetero) is 1. The number of carbonyl (C=O) groups is 2. The highest BCUT2D eigenvalue weighted by Crippen LogP contribution is 2.34. The normalized spacial score (nSPS) is 17.5. The molecule has 0 aliphatic heterocycles. The van der Waals surface area contributed by atoms with Crippen LogP contribution in [-0.4, -0.2) is 18.2 Å². The van der Waals surface area contributed by atoms with Gasteiger partial charge in [-0.15, -0.1) is 0 Å². The second-order valence-electron chi connectivity index (χ2n) is 3.88. The lowest BCUT2D eigenvalue weighted by molar-refractivity contribution is -0.125. The van der Waals surface area contributed by atoms with Crippen LogP contribution in [0.3, 0.4) is 0 Å². The molecule has 1 amide bonds. The molecular weight excluding hydrogens is 190 g/mol. The van der Waals surface area contributed by atoms with Crippen LogP contribution >= 0.6 is 0 Å². The number of fused-ring (bicyclic) bond motifs is 1. The Morgan fingerprint density at radius 3 is 2.80 bits per heavy atom. The minimum absolute atomic E-state index is 0.0176. The molecule has 0 saturated heterocycles. The van der Waals surface area contributed by atoms with Crippen LogP contribution in [-0.2, 0) is 16.0 Å². The molecule has 0 spiro atoms. The van der Waals surface area contributed by atoms with Gasteiger partial charge < -0.3 is 5.32 Å². The highest BCUT2D eigenvalue weighted by Gasteiger charge is 2.31. The van der Waals surface area contributed by atoms with Gasteiger partial charge in [0.05, 0.1) is 12.5 Å². The largest absolute Gasteiger partial charge is 0.348 e. The van der Waals surface area contributed by atoms with Crippen molar-refractivity contribution in [1.82, 2.24) is 5.32 Å². The molecule has 2 rings (SSSR count). The van der Waals surface area contributed by atoms with Gasteiger partial charge in [0.1, 0.15) is 5.78 Å². The number of nitrogens with one attached hydrogen (secondary N) is 1. The van der Waals surface area contributed by atoms with Crippen molar-refractivity contribution in [3.8, 4) is 0 Å². The van der Waals surface area contributed by atoms with Crippen molar-refractivity contribution in [3.63, 3.8) is 0 Å². The van der Waals surface area contributed by atoms with E-state index in [1.165, 1.54) is 12.5 Å². The maximum Gasteiger partial charge on any atom is 0.228 e. The Kier molecular flexibility index (Phi) is 2.54. The molecule has 0 aromatic heterocycles. The Labute approximate surface area is 88.5 Å². The standard InChI is InChI=1S/C12H13NO2/c1-8(14)7-13-12(15)11-6-9-4-2-3-5-10(9)11/h2-5,11H,6-7H2,1H3,(H,13,15). The first-order valence-electron chi connectivity index (χ1n) is 5.03. The van der Waals surface area contributed by atoms with Crippen LogP contribution in [0, 0.1) is 0 Å². The topological polar surface area (TPSA) is 46.2 Å². The van der Waals surface area contributed by atoms with Crippen molar-refractivity contribution in [2.75, 3.05) is 6.54 Å². The molecule has 1 atom stereocenters. The van der Waals surface area contributed by atoms with Crippen molar-refractivity contribution in [2.45, 2.75) is 19.3 Å². The number of ketones is 1. The summed E-state index contributed by atoms with van der Waals surface area (Å²) in [5.74, 6) is -0.111. The van der Waals surface area contributed by atoms with Crippen molar-refractivity contribution < 1.29 is 9.59 Å². The summed E-state index contributed by atoms with van der Waals surface area (Å²) in [4.78, 5) is 22.3. The summed E-state index contributed by atoms with van der Waals surface area (Å²) in [6.07, 6.45) is 0.792. The third kappa shape index (κ3) is 1.91. The zero-order valence-electron chi connectivity index (χ0n) is 8.62. The predicted octanol–water partition coefficient (Wildman–Crippen LogP) is 1.03. The fraction of sp³-hybridized carbons (Fsp3) is 0.333. The van der Waals surface area contributed by atoms with Gasteiger partial charge in [-0.25, -0.2) is 0 Å². The third-order valence-corrected chi connectivity index (χ3v) is 2.68. The van der Waals surface area contributed by atoms with E-state index in [-0.39, 0.29) is 24.2 Å². The van der Waals surface area contributed by atoms with Gasteiger partial charge in [0, 0.05) is 0 Å². The highest BCUT2D eigenvalue weighted by molar-refractivity contribution is 5.90. The summed E-state index contributed by atoms with van der Waals surface area (Å²) in [6.45, 7) is 1.60. The Morgan fingerprint density at radius 2 is 2.13 bits per heavy atom. The molecule has 3 nitrogen and oxygen atoms in total. The zero-order chi connectivity index (χ0) is 10.8. The molecule has 3 heteroatoms. The van der Waals surface area contributed by atoms with Crippen molar-refractivity contribution >= 4 is 11.7 Å². The maximum absolute atomic E-state index is 11.6. The lowest BCUT2D eigenvalue weighted by Crippen LogP contribution is -2.37. The van der Waals surface area contributed by atoms with Crippen molar-refractivity contribution in [1.29, 1.82) is 0 Å². The first-order chi connectivity index (χ1) is 7.18. The molecule has 78 valence electrons. The summed E-state index contributed by atoms with van der Waals surface area (Å²) in [5, 5.41) is 2.64. The molecule has 0 radical (unpaired) electrons. The summed E-state index contributed by atoms with van der Waals surface area (Å²) in [6, 6.07) is 7.91. The number of amides is 1. The Bertz CT molecular complexity index is 412. The molecule has 1 aliphatic carbocycles. The Hall–Kier alpha value is -1.64.